The zero-order valence-electron chi connectivity index (χ0n) is 6.87. The Morgan fingerprint density at radius 1 is 1.50 bits per heavy atom. The molecule has 3 nitrogen and oxygen atoms in total. The molecule has 0 spiro atoms. The van der Waals surface area contributed by atoms with E-state index in [1.807, 2.05) is 11.4 Å². The highest BCUT2D eigenvalue weighted by Crippen LogP contribution is 2.31. The molecule has 0 fully saturated rings. The maximum atomic E-state index is 12.8. The third-order valence-electron chi connectivity index (χ3n) is 1.59. The molecule has 2 aromatic rings. The Balaban J connectivity index is 2.53. The molecule has 0 aliphatic heterocycles. The Morgan fingerprint density at radius 2 is 2.29 bits per heavy atom. The number of thiophene rings is 1. The molecule has 0 bridgehead atoms. The van der Waals surface area contributed by atoms with Crippen LogP contribution in [-0.4, -0.2) is 9.97 Å². The van der Waals surface area contributed by atoms with Crippen molar-refractivity contribution in [3.05, 3.63) is 27.9 Å². The van der Waals surface area contributed by atoms with Crippen LogP contribution < -0.4 is 5.73 Å². The van der Waals surface area contributed by atoms with Crippen molar-refractivity contribution in [2.75, 3.05) is 5.73 Å². The van der Waals surface area contributed by atoms with Gasteiger partial charge in [0.25, 0.3) is 0 Å². The van der Waals surface area contributed by atoms with Crippen LogP contribution >= 0.6 is 27.3 Å². The lowest BCUT2D eigenvalue weighted by molar-refractivity contribution is 0.620. The summed E-state index contributed by atoms with van der Waals surface area (Å²) < 4.78 is 13.7. The van der Waals surface area contributed by atoms with Gasteiger partial charge < -0.3 is 5.73 Å². The minimum atomic E-state index is -0.596. The molecule has 0 amide bonds. The second kappa shape index (κ2) is 3.62. The molecule has 0 saturated heterocycles. The van der Waals surface area contributed by atoms with Crippen molar-refractivity contribution in [1.29, 1.82) is 0 Å². The summed E-state index contributed by atoms with van der Waals surface area (Å²) in [5.41, 5.74) is 5.34. The minimum absolute atomic E-state index is 0.129. The Kier molecular flexibility index (Phi) is 2.47. The standard InChI is InChI=1S/C8H5BrFN3S/c9-4-1-2-14-6(4)8-12-3-5(10)7(11)13-8/h1-3H,(H2,11,12,13). The van der Waals surface area contributed by atoms with E-state index in [1.165, 1.54) is 11.3 Å². The highest BCUT2D eigenvalue weighted by Gasteiger charge is 2.09. The van der Waals surface area contributed by atoms with Crippen LogP contribution in [0.3, 0.4) is 0 Å². The molecule has 2 heterocycles. The number of rotatable bonds is 1. The van der Waals surface area contributed by atoms with E-state index in [0.717, 1.165) is 15.5 Å². The van der Waals surface area contributed by atoms with Gasteiger partial charge in [-0.05, 0) is 27.4 Å². The Labute approximate surface area is 91.9 Å². The maximum absolute atomic E-state index is 12.8. The first-order chi connectivity index (χ1) is 6.68. The van der Waals surface area contributed by atoms with Gasteiger partial charge >= 0.3 is 0 Å². The first-order valence-corrected chi connectivity index (χ1v) is 5.37. The average molecular weight is 274 g/mol. The third kappa shape index (κ3) is 1.62. The van der Waals surface area contributed by atoms with Gasteiger partial charge in [0.2, 0.25) is 0 Å². The minimum Gasteiger partial charge on any atom is -0.381 e. The van der Waals surface area contributed by atoms with Crippen LogP contribution in [-0.2, 0) is 0 Å². The van der Waals surface area contributed by atoms with Gasteiger partial charge in [-0.3, -0.25) is 0 Å². The third-order valence-corrected chi connectivity index (χ3v) is 3.43. The first-order valence-electron chi connectivity index (χ1n) is 3.70. The number of hydrogen-bond acceptors (Lipinski definition) is 4. The van der Waals surface area contributed by atoms with E-state index in [9.17, 15) is 4.39 Å². The van der Waals surface area contributed by atoms with E-state index in [0.29, 0.717) is 5.82 Å². The van der Waals surface area contributed by atoms with E-state index in [-0.39, 0.29) is 5.82 Å². The molecule has 0 atom stereocenters. The van der Waals surface area contributed by atoms with Gasteiger partial charge in [-0.2, -0.15) is 0 Å². The number of halogens is 2. The number of anilines is 1. The topological polar surface area (TPSA) is 51.8 Å². The zero-order valence-corrected chi connectivity index (χ0v) is 9.27. The average Bonchev–Trinajstić information content (AvgIpc) is 2.57. The van der Waals surface area contributed by atoms with Crippen LogP contribution in [0.1, 0.15) is 0 Å². The molecule has 2 rings (SSSR count). The summed E-state index contributed by atoms with van der Waals surface area (Å²) in [5.74, 6) is -0.289. The second-order valence-corrected chi connectivity index (χ2v) is 4.29. The summed E-state index contributed by atoms with van der Waals surface area (Å²) in [4.78, 5) is 8.55. The first kappa shape index (κ1) is 9.54. The Morgan fingerprint density at radius 3 is 2.86 bits per heavy atom. The number of aromatic nitrogens is 2. The molecular weight excluding hydrogens is 269 g/mol. The molecule has 0 aromatic carbocycles. The lowest BCUT2D eigenvalue weighted by atomic mass is 10.4. The van der Waals surface area contributed by atoms with Crippen molar-refractivity contribution in [3.8, 4) is 10.7 Å². The summed E-state index contributed by atoms with van der Waals surface area (Å²) in [6.07, 6.45) is 1.07. The SMILES string of the molecule is Nc1nc(-c2sccc2Br)ncc1F. The number of nitrogen functional groups attached to an aromatic ring is 1. The van der Waals surface area contributed by atoms with Gasteiger partial charge in [-0.25, -0.2) is 14.4 Å². The lowest BCUT2D eigenvalue weighted by Crippen LogP contribution is -1.98. The van der Waals surface area contributed by atoms with Crippen LogP contribution in [0.5, 0.6) is 0 Å². The number of hydrogen-bond donors (Lipinski definition) is 1. The van der Waals surface area contributed by atoms with Gasteiger partial charge in [-0.1, -0.05) is 0 Å². The smallest absolute Gasteiger partial charge is 0.183 e. The fraction of sp³-hybridized carbons (Fsp3) is 0. The number of nitrogens with two attached hydrogens (primary N) is 1. The molecular formula is C8H5BrFN3S. The summed E-state index contributed by atoms with van der Waals surface area (Å²) in [6, 6.07) is 1.88. The molecule has 72 valence electrons. The van der Waals surface area contributed by atoms with Gasteiger partial charge in [0, 0.05) is 4.47 Å². The highest BCUT2D eigenvalue weighted by atomic mass is 79.9. The monoisotopic (exact) mass is 273 g/mol. The van der Waals surface area contributed by atoms with Crippen molar-refractivity contribution in [3.63, 3.8) is 0 Å². The molecule has 2 aromatic heterocycles. The molecule has 6 heteroatoms. The fourth-order valence-electron chi connectivity index (χ4n) is 0.943. The molecule has 0 saturated carbocycles. The van der Waals surface area contributed by atoms with Crippen LogP contribution in [0.4, 0.5) is 10.2 Å². The fourth-order valence-corrected chi connectivity index (χ4v) is 2.43. The van der Waals surface area contributed by atoms with E-state index < -0.39 is 5.82 Å². The molecule has 0 aliphatic carbocycles. The molecule has 2 N–H and O–H groups in total. The van der Waals surface area contributed by atoms with Crippen molar-refractivity contribution in [2.45, 2.75) is 0 Å². The van der Waals surface area contributed by atoms with E-state index in [4.69, 9.17) is 5.73 Å². The molecule has 0 aliphatic rings. The van der Waals surface area contributed by atoms with Crippen LogP contribution in [0, 0.1) is 5.82 Å². The van der Waals surface area contributed by atoms with E-state index in [1.54, 1.807) is 0 Å². The predicted octanol–water partition coefficient (Wildman–Crippen LogP) is 2.69. The molecule has 14 heavy (non-hydrogen) atoms. The van der Waals surface area contributed by atoms with Gasteiger partial charge in [0.1, 0.15) is 0 Å². The highest BCUT2D eigenvalue weighted by molar-refractivity contribution is 9.10. The van der Waals surface area contributed by atoms with E-state index in [2.05, 4.69) is 25.9 Å². The Bertz CT molecular complexity index is 471. The largest absolute Gasteiger partial charge is 0.381 e. The zero-order chi connectivity index (χ0) is 10.1. The molecule has 0 radical (unpaired) electrons. The quantitative estimate of drug-likeness (QED) is 0.869. The van der Waals surface area contributed by atoms with Crippen molar-refractivity contribution >= 4 is 33.1 Å². The van der Waals surface area contributed by atoms with Crippen LogP contribution in [0.2, 0.25) is 0 Å². The summed E-state index contributed by atoms with van der Waals surface area (Å²) in [5, 5.41) is 1.89. The van der Waals surface area contributed by atoms with Crippen molar-refractivity contribution in [2.24, 2.45) is 0 Å². The van der Waals surface area contributed by atoms with Crippen LogP contribution in [0.15, 0.2) is 22.1 Å². The van der Waals surface area contributed by atoms with Crippen molar-refractivity contribution < 1.29 is 4.39 Å². The van der Waals surface area contributed by atoms with Gasteiger partial charge in [0.05, 0.1) is 11.1 Å². The maximum Gasteiger partial charge on any atom is 0.183 e. The summed E-state index contributed by atoms with van der Waals surface area (Å²) >= 11 is 4.81. The summed E-state index contributed by atoms with van der Waals surface area (Å²) in [7, 11) is 0. The van der Waals surface area contributed by atoms with Crippen molar-refractivity contribution in [1.82, 2.24) is 9.97 Å². The second-order valence-electron chi connectivity index (χ2n) is 2.52. The van der Waals surface area contributed by atoms with Crippen LogP contribution in [0.25, 0.3) is 10.7 Å². The normalized spacial score (nSPS) is 10.4. The summed E-state index contributed by atoms with van der Waals surface area (Å²) in [6.45, 7) is 0. The Hall–Kier alpha value is -1.01. The van der Waals surface area contributed by atoms with Gasteiger partial charge in [0.15, 0.2) is 17.5 Å². The number of nitrogens with zero attached hydrogens (tertiary/aromatic N) is 2. The molecule has 0 unspecified atom stereocenters. The van der Waals surface area contributed by atoms with E-state index >= 15 is 0 Å². The predicted molar refractivity (Wildman–Crippen MR) is 57.4 cm³/mol. The van der Waals surface area contributed by atoms with Gasteiger partial charge in [-0.15, -0.1) is 11.3 Å². The lowest BCUT2D eigenvalue weighted by Gasteiger charge is -1.99.